The lowest BCUT2D eigenvalue weighted by atomic mass is 10.2. The highest BCUT2D eigenvalue weighted by Gasteiger charge is 2.07. The number of urea groups is 1. The van der Waals surface area contributed by atoms with Gasteiger partial charge in [0.25, 0.3) is 0 Å². The van der Waals surface area contributed by atoms with Gasteiger partial charge in [-0.1, -0.05) is 18.2 Å². The summed E-state index contributed by atoms with van der Waals surface area (Å²) in [6.45, 7) is 4.64. The first-order valence-corrected chi connectivity index (χ1v) is 6.29. The van der Waals surface area contributed by atoms with E-state index in [2.05, 4.69) is 35.1 Å². The highest BCUT2D eigenvalue weighted by molar-refractivity contribution is 5.89. The molecular formula is C15H19N3O. The number of hydrogen-bond donors (Lipinski definition) is 2. The molecule has 2 N–H and O–H groups in total. The quantitative estimate of drug-likeness (QED) is 0.872. The number of benzene rings is 1. The van der Waals surface area contributed by atoms with Crippen molar-refractivity contribution in [2.24, 2.45) is 7.05 Å². The van der Waals surface area contributed by atoms with E-state index in [-0.39, 0.29) is 6.03 Å². The van der Waals surface area contributed by atoms with Gasteiger partial charge >= 0.3 is 6.03 Å². The first-order chi connectivity index (χ1) is 9.08. The van der Waals surface area contributed by atoms with E-state index >= 15 is 0 Å². The van der Waals surface area contributed by atoms with Gasteiger partial charge in [0, 0.05) is 30.7 Å². The first kappa shape index (κ1) is 13.2. The molecule has 0 radical (unpaired) electrons. The van der Waals surface area contributed by atoms with Crippen molar-refractivity contribution in [3.63, 3.8) is 0 Å². The van der Waals surface area contributed by atoms with Crippen molar-refractivity contribution >= 4 is 11.7 Å². The molecule has 0 bridgehead atoms. The van der Waals surface area contributed by atoms with Crippen LogP contribution in [-0.2, 0) is 13.6 Å². The fourth-order valence-corrected chi connectivity index (χ4v) is 1.98. The van der Waals surface area contributed by atoms with Crippen LogP contribution in [-0.4, -0.2) is 10.6 Å². The molecule has 1 aromatic heterocycles. The van der Waals surface area contributed by atoms with Gasteiger partial charge in [-0.05, 0) is 37.6 Å². The van der Waals surface area contributed by atoms with E-state index in [0.29, 0.717) is 6.54 Å². The number of amides is 2. The second-order valence-corrected chi connectivity index (χ2v) is 4.63. The molecule has 2 rings (SSSR count). The van der Waals surface area contributed by atoms with Crippen LogP contribution < -0.4 is 10.6 Å². The minimum atomic E-state index is -0.188. The number of nitrogens with zero attached hydrogens (tertiary/aromatic N) is 1. The summed E-state index contributed by atoms with van der Waals surface area (Å²) in [5.41, 5.74) is 4.31. The highest BCUT2D eigenvalue weighted by atomic mass is 16.2. The van der Waals surface area contributed by atoms with Crippen molar-refractivity contribution in [2.75, 3.05) is 5.32 Å². The van der Waals surface area contributed by atoms with Crippen LogP contribution in [0.1, 0.15) is 17.0 Å². The second-order valence-electron chi connectivity index (χ2n) is 4.63. The van der Waals surface area contributed by atoms with E-state index in [4.69, 9.17) is 0 Å². The van der Waals surface area contributed by atoms with Crippen LogP contribution in [0.15, 0.2) is 36.4 Å². The summed E-state index contributed by atoms with van der Waals surface area (Å²) in [5.74, 6) is 0. The molecule has 2 aromatic rings. The average Bonchev–Trinajstić information content (AvgIpc) is 2.65. The molecule has 19 heavy (non-hydrogen) atoms. The zero-order valence-corrected chi connectivity index (χ0v) is 11.5. The summed E-state index contributed by atoms with van der Waals surface area (Å²) >= 11 is 0. The predicted octanol–water partition coefficient (Wildman–Crippen LogP) is 2.96. The molecule has 2 amide bonds. The Labute approximate surface area is 113 Å². The first-order valence-electron chi connectivity index (χ1n) is 6.29. The van der Waals surface area contributed by atoms with Gasteiger partial charge in [-0.25, -0.2) is 4.79 Å². The molecular weight excluding hydrogens is 238 g/mol. The summed E-state index contributed by atoms with van der Waals surface area (Å²) in [5, 5.41) is 5.66. The fraction of sp³-hybridized carbons (Fsp3) is 0.267. The lowest BCUT2D eigenvalue weighted by Crippen LogP contribution is -2.28. The van der Waals surface area contributed by atoms with Crippen molar-refractivity contribution in [3.05, 3.63) is 53.3 Å². The van der Waals surface area contributed by atoms with Crippen LogP contribution >= 0.6 is 0 Å². The number of aromatic nitrogens is 1. The Morgan fingerprint density at radius 3 is 2.47 bits per heavy atom. The Kier molecular flexibility index (Phi) is 3.90. The van der Waals surface area contributed by atoms with E-state index < -0.39 is 0 Å². The molecule has 100 valence electrons. The molecule has 0 atom stereocenters. The molecule has 1 aromatic carbocycles. The summed E-state index contributed by atoms with van der Waals surface area (Å²) in [6, 6.07) is 11.3. The van der Waals surface area contributed by atoms with E-state index in [1.807, 2.05) is 37.4 Å². The third-order valence-corrected chi connectivity index (χ3v) is 3.35. The maximum Gasteiger partial charge on any atom is 0.319 e. The van der Waals surface area contributed by atoms with Crippen LogP contribution in [0.3, 0.4) is 0 Å². The van der Waals surface area contributed by atoms with Gasteiger partial charge < -0.3 is 15.2 Å². The monoisotopic (exact) mass is 257 g/mol. The zero-order valence-electron chi connectivity index (χ0n) is 11.5. The molecule has 1 heterocycles. The third kappa shape index (κ3) is 3.16. The predicted molar refractivity (Wildman–Crippen MR) is 77.2 cm³/mol. The van der Waals surface area contributed by atoms with Crippen LogP contribution in [0.5, 0.6) is 0 Å². The lowest BCUT2D eigenvalue weighted by Gasteiger charge is -2.07. The second kappa shape index (κ2) is 5.61. The van der Waals surface area contributed by atoms with E-state index in [0.717, 1.165) is 11.3 Å². The Bertz CT molecular complexity index is 573. The molecule has 0 spiro atoms. The van der Waals surface area contributed by atoms with Gasteiger partial charge in [0.2, 0.25) is 0 Å². The third-order valence-electron chi connectivity index (χ3n) is 3.35. The van der Waals surface area contributed by atoms with Crippen molar-refractivity contribution in [1.82, 2.24) is 9.88 Å². The van der Waals surface area contributed by atoms with Crippen LogP contribution in [0.2, 0.25) is 0 Å². The Morgan fingerprint density at radius 1 is 1.21 bits per heavy atom. The van der Waals surface area contributed by atoms with Crippen LogP contribution in [0.4, 0.5) is 10.5 Å². The van der Waals surface area contributed by atoms with Crippen molar-refractivity contribution in [3.8, 4) is 0 Å². The maximum atomic E-state index is 11.8. The number of carbonyl (C=O) groups is 1. The fourth-order valence-electron chi connectivity index (χ4n) is 1.98. The number of carbonyl (C=O) groups excluding carboxylic acids is 1. The lowest BCUT2D eigenvalue weighted by molar-refractivity contribution is 0.251. The largest absolute Gasteiger partial charge is 0.352 e. The number of rotatable bonds is 3. The van der Waals surface area contributed by atoms with Gasteiger partial charge in [-0.2, -0.15) is 0 Å². The summed E-state index contributed by atoms with van der Waals surface area (Å²) < 4.78 is 2.12. The van der Waals surface area contributed by atoms with Crippen molar-refractivity contribution in [2.45, 2.75) is 20.4 Å². The molecule has 0 aliphatic rings. The van der Waals surface area contributed by atoms with Crippen molar-refractivity contribution in [1.29, 1.82) is 0 Å². The molecule has 0 fully saturated rings. The Balaban J connectivity index is 1.92. The minimum absolute atomic E-state index is 0.188. The Hall–Kier alpha value is -2.23. The smallest absolute Gasteiger partial charge is 0.319 e. The van der Waals surface area contributed by atoms with Crippen LogP contribution in [0.25, 0.3) is 0 Å². The number of para-hydroxylation sites is 1. The van der Waals surface area contributed by atoms with Gasteiger partial charge in [0.15, 0.2) is 0 Å². The highest BCUT2D eigenvalue weighted by Crippen LogP contribution is 2.12. The van der Waals surface area contributed by atoms with Gasteiger partial charge in [0.05, 0.1) is 0 Å². The molecule has 4 nitrogen and oxygen atoms in total. The summed E-state index contributed by atoms with van der Waals surface area (Å²) in [6.07, 6.45) is 0. The topological polar surface area (TPSA) is 46.1 Å². The number of aryl methyl sites for hydroxylation is 1. The molecule has 0 aliphatic heterocycles. The van der Waals surface area contributed by atoms with E-state index in [1.165, 1.54) is 11.4 Å². The average molecular weight is 257 g/mol. The van der Waals surface area contributed by atoms with Gasteiger partial charge in [-0.15, -0.1) is 0 Å². The molecule has 0 aliphatic carbocycles. The zero-order chi connectivity index (χ0) is 13.8. The molecule has 0 saturated heterocycles. The van der Waals surface area contributed by atoms with Crippen molar-refractivity contribution < 1.29 is 4.79 Å². The summed E-state index contributed by atoms with van der Waals surface area (Å²) in [4.78, 5) is 11.8. The van der Waals surface area contributed by atoms with E-state index in [1.54, 1.807) is 0 Å². The van der Waals surface area contributed by atoms with E-state index in [9.17, 15) is 4.79 Å². The normalized spacial score (nSPS) is 10.3. The molecule has 4 heteroatoms. The Morgan fingerprint density at radius 2 is 1.89 bits per heavy atom. The maximum absolute atomic E-state index is 11.8. The van der Waals surface area contributed by atoms with Gasteiger partial charge in [0.1, 0.15) is 0 Å². The number of hydrogen-bond acceptors (Lipinski definition) is 1. The standard InChI is InChI=1S/C15H19N3O/c1-11-9-13(12(2)18(11)3)10-16-15(19)17-14-7-5-4-6-8-14/h4-9H,10H2,1-3H3,(H2,16,17,19). The number of nitrogens with one attached hydrogen (secondary N) is 2. The minimum Gasteiger partial charge on any atom is -0.352 e. The number of anilines is 1. The van der Waals surface area contributed by atoms with Crippen LogP contribution in [0, 0.1) is 13.8 Å². The SMILES string of the molecule is Cc1cc(CNC(=O)Nc2ccccc2)c(C)n1C. The molecule has 0 saturated carbocycles. The molecule has 0 unspecified atom stereocenters. The van der Waals surface area contributed by atoms with Gasteiger partial charge in [-0.3, -0.25) is 0 Å². The summed E-state index contributed by atoms with van der Waals surface area (Å²) in [7, 11) is 2.03.